The van der Waals surface area contributed by atoms with E-state index >= 15 is 0 Å². The van der Waals surface area contributed by atoms with Crippen LogP contribution >= 0.6 is 0 Å². The molecule has 7 heteroatoms. The molecule has 0 N–H and O–H groups in total. The maximum absolute atomic E-state index is 12.8. The summed E-state index contributed by atoms with van der Waals surface area (Å²) in [5, 5.41) is 0. The van der Waals surface area contributed by atoms with Crippen molar-refractivity contribution >= 4 is 17.1 Å². The first-order valence-electron chi connectivity index (χ1n) is 14.5. The molecule has 1 aliphatic carbocycles. The van der Waals surface area contributed by atoms with E-state index in [0.29, 0.717) is 17.9 Å². The number of nitrogens with zero attached hydrogens (tertiary/aromatic N) is 5. The minimum Gasteiger partial charge on any atom is -0.444 e. The summed E-state index contributed by atoms with van der Waals surface area (Å²) >= 11 is 0. The Labute approximate surface area is 226 Å². The molecule has 2 saturated heterocycles. The SMILES string of the molecule is CC(C)(C)OC(=O)N1CCCC(Cn2c(CN3CCC[C@H]4CCc5cccnc5[C@H]43)nc3ccccc32)C1. The second kappa shape index (κ2) is 10.3. The molecule has 3 atom stereocenters. The van der Waals surface area contributed by atoms with Gasteiger partial charge in [-0.25, -0.2) is 9.78 Å². The number of benzene rings is 1. The number of aryl methyl sites for hydroxylation is 1. The third kappa shape index (κ3) is 5.18. The molecule has 4 heterocycles. The Morgan fingerprint density at radius 1 is 1.05 bits per heavy atom. The number of hydrogen-bond acceptors (Lipinski definition) is 5. The van der Waals surface area contributed by atoms with Crippen LogP contribution < -0.4 is 0 Å². The molecule has 0 bridgehead atoms. The lowest BCUT2D eigenvalue weighted by atomic mass is 9.77. The monoisotopic (exact) mass is 515 g/mol. The van der Waals surface area contributed by atoms with Gasteiger partial charge in [-0.2, -0.15) is 0 Å². The molecule has 2 fully saturated rings. The first-order chi connectivity index (χ1) is 18.4. The van der Waals surface area contributed by atoms with Crippen LogP contribution in [0.1, 0.15) is 76.0 Å². The molecule has 7 nitrogen and oxygen atoms in total. The van der Waals surface area contributed by atoms with Gasteiger partial charge in [-0.05, 0) is 101 Å². The number of hydrogen-bond donors (Lipinski definition) is 0. The van der Waals surface area contributed by atoms with Crippen molar-refractivity contribution in [2.75, 3.05) is 19.6 Å². The van der Waals surface area contributed by atoms with Gasteiger partial charge in [-0.3, -0.25) is 9.88 Å². The Kier molecular flexibility index (Phi) is 6.89. The summed E-state index contributed by atoms with van der Waals surface area (Å²) in [5.41, 5.74) is 4.46. The third-order valence-corrected chi connectivity index (χ3v) is 8.54. The van der Waals surface area contributed by atoms with Gasteiger partial charge in [0.15, 0.2) is 0 Å². The van der Waals surface area contributed by atoms with Gasteiger partial charge in [-0.1, -0.05) is 18.2 Å². The molecule has 1 unspecified atom stereocenters. The molecule has 2 aliphatic heterocycles. The molecular formula is C31H41N5O2. The first kappa shape index (κ1) is 25.4. The molecule has 1 amide bonds. The van der Waals surface area contributed by atoms with Crippen LogP contribution in [0.3, 0.4) is 0 Å². The van der Waals surface area contributed by atoms with Crippen molar-refractivity contribution in [2.24, 2.45) is 11.8 Å². The summed E-state index contributed by atoms with van der Waals surface area (Å²) < 4.78 is 8.12. The summed E-state index contributed by atoms with van der Waals surface area (Å²) in [6, 6.07) is 13.2. The molecule has 1 aromatic carbocycles. The van der Waals surface area contributed by atoms with Gasteiger partial charge in [0, 0.05) is 25.8 Å². The van der Waals surface area contributed by atoms with E-state index in [2.05, 4.69) is 45.9 Å². The summed E-state index contributed by atoms with van der Waals surface area (Å²) in [7, 11) is 0. The van der Waals surface area contributed by atoms with Gasteiger partial charge in [0.2, 0.25) is 0 Å². The van der Waals surface area contributed by atoms with Crippen molar-refractivity contribution in [2.45, 2.75) is 84.0 Å². The normalized spacial score (nSPS) is 24.2. The lowest BCUT2D eigenvalue weighted by Crippen LogP contribution is -2.44. The number of para-hydroxylation sites is 2. The molecule has 2 aromatic heterocycles. The average Bonchev–Trinajstić information content (AvgIpc) is 3.24. The molecule has 0 spiro atoms. The average molecular weight is 516 g/mol. The van der Waals surface area contributed by atoms with Crippen LogP contribution in [0.25, 0.3) is 11.0 Å². The fraction of sp³-hybridized carbons (Fsp3) is 0.581. The number of piperidine rings is 2. The Balaban J connectivity index is 1.26. The number of ether oxygens (including phenoxy) is 1. The van der Waals surface area contributed by atoms with E-state index in [-0.39, 0.29) is 6.09 Å². The Hall–Kier alpha value is -2.93. The fourth-order valence-electron chi connectivity index (χ4n) is 6.89. The highest BCUT2D eigenvalue weighted by Gasteiger charge is 2.38. The molecule has 6 rings (SSSR count). The molecule has 202 valence electrons. The Morgan fingerprint density at radius 2 is 1.89 bits per heavy atom. The van der Waals surface area contributed by atoms with Crippen molar-refractivity contribution in [3.05, 3.63) is 59.7 Å². The number of carbonyl (C=O) groups excluding carboxylic acids is 1. The first-order valence-corrected chi connectivity index (χ1v) is 14.5. The molecule has 38 heavy (non-hydrogen) atoms. The van der Waals surface area contributed by atoms with Crippen LogP contribution in [0.2, 0.25) is 0 Å². The van der Waals surface area contributed by atoms with Gasteiger partial charge in [0.05, 0.1) is 29.3 Å². The standard InChI is InChI=1S/C31H41N5O2/c1-31(2,3)38-30(37)35-18-7-9-22(19-35)20-36-26-13-5-4-12-25(26)33-27(36)21-34-17-8-11-24-15-14-23-10-6-16-32-28(23)29(24)34/h4-6,10,12-13,16,22,24,29H,7-9,11,14-15,17-21H2,1-3H3/t22?,24-,29-/m0/s1. The van der Waals surface area contributed by atoms with Crippen molar-refractivity contribution in [1.82, 2.24) is 24.3 Å². The lowest BCUT2D eigenvalue weighted by Gasteiger charge is -2.44. The van der Waals surface area contributed by atoms with E-state index in [1.54, 1.807) is 0 Å². The summed E-state index contributed by atoms with van der Waals surface area (Å²) in [4.78, 5) is 27.4. The molecule has 0 saturated carbocycles. The quantitative estimate of drug-likeness (QED) is 0.428. The topological polar surface area (TPSA) is 63.5 Å². The lowest BCUT2D eigenvalue weighted by molar-refractivity contribution is 0.0156. The number of pyridine rings is 1. The minimum atomic E-state index is -0.476. The maximum atomic E-state index is 12.8. The third-order valence-electron chi connectivity index (χ3n) is 8.54. The predicted octanol–water partition coefficient (Wildman–Crippen LogP) is 5.98. The number of amides is 1. The number of carbonyl (C=O) groups is 1. The minimum absolute atomic E-state index is 0.194. The van der Waals surface area contributed by atoms with Crippen molar-refractivity contribution < 1.29 is 9.53 Å². The van der Waals surface area contributed by atoms with Crippen LogP contribution in [0.4, 0.5) is 4.79 Å². The highest BCUT2D eigenvalue weighted by Crippen LogP contribution is 2.43. The predicted molar refractivity (Wildman–Crippen MR) is 149 cm³/mol. The summed E-state index contributed by atoms with van der Waals surface area (Å²) in [6.07, 6.45) is 8.79. The molecular weight excluding hydrogens is 474 g/mol. The zero-order valence-corrected chi connectivity index (χ0v) is 23.1. The number of fused-ring (bicyclic) bond motifs is 4. The molecule has 3 aliphatic rings. The number of likely N-dealkylation sites (tertiary alicyclic amines) is 2. The highest BCUT2D eigenvalue weighted by atomic mass is 16.6. The Morgan fingerprint density at radius 3 is 2.76 bits per heavy atom. The van der Waals surface area contributed by atoms with Crippen LogP contribution in [-0.2, 0) is 24.2 Å². The smallest absolute Gasteiger partial charge is 0.410 e. The number of rotatable bonds is 4. The van der Waals surface area contributed by atoms with Gasteiger partial charge in [0.1, 0.15) is 11.4 Å². The number of aromatic nitrogens is 3. The van der Waals surface area contributed by atoms with Crippen molar-refractivity contribution in [1.29, 1.82) is 0 Å². The van der Waals surface area contributed by atoms with Crippen molar-refractivity contribution in [3.8, 4) is 0 Å². The van der Waals surface area contributed by atoms with Crippen LogP contribution in [-0.4, -0.2) is 55.7 Å². The van der Waals surface area contributed by atoms with Crippen LogP contribution in [0, 0.1) is 11.8 Å². The van der Waals surface area contributed by atoms with E-state index in [9.17, 15) is 4.79 Å². The second-order valence-electron chi connectivity index (χ2n) is 12.5. The van der Waals surface area contributed by atoms with E-state index in [0.717, 1.165) is 63.3 Å². The largest absolute Gasteiger partial charge is 0.444 e. The van der Waals surface area contributed by atoms with E-state index in [1.807, 2.05) is 31.9 Å². The van der Waals surface area contributed by atoms with Gasteiger partial charge in [0.25, 0.3) is 0 Å². The zero-order valence-electron chi connectivity index (χ0n) is 23.1. The molecule has 3 aromatic rings. The van der Waals surface area contributed by atoms with E-state index in [4.69, 9.17) is 14.7 Å². The van der Waals surface area contributed by atoms with Crippen molar-refractivity contribution in [3.63, 3.8) is 0 Å². The van der Waals surface area contributed by atoms with E-state index in [1.165, 1.54) is 36.0 Å². The van der Waals surface area contributed by atoms with E-state index < -0.39 is 5.60 Å². The van der Waals surface area contributed by atoms with Gasteiger partial charge < -0.3 is 14.2 Å². The fourth-order valence-corrected chi connectivity index (χ4v) is 6.89. The second-order valence-corrected chi connectivity index (χ2v) is 12.5. The molecule has 0 radical (unpaired) electrons. The highest BCUT2D eigenvalue weighted by molar-refractivity contribution is 5.76. The van der Waals surface area contributed by atoms with Gasteiger partial charge >= 0.3 is 6.09 Å². The van der Waals surface area contributed by atoms with Gasteiger partial charge in [-0.15, -0.1) is 0 Å². The summed E-state index contributed by atoms with van der Waals surface area (Å²) in [5.74, 6) is 2.17. The summed E-state index contributed by atoms with van der Waals surface area (Å²) in [6.45, 7) is 10.1. The van der Waals surface area contributed by atoms with Crippen LogP contribution in [0.5, 0.6) is 0 Å². The zero-order chi connectivity index (χ0) is 26.3. The number of imidazole rings is 1. The van der Waals surface area contributed by atoms with Crippen LogP contribution in [0.15, 0.2) is 42.6 Å². The maximum Gasteiger partial charge on any atom is 0.410 e. The Bertz CT molecular complexity index is 1290.